The van der Waals surface area contributed by atoms with Gasteiger partial charge in [0.05, 0.1) is 19.5 Å². The Labute approximate surface area is 126 Å². The first-order chi connectivity index (χ1) is 10.2. The fraction of sp³-hybridized carbons (Fsp3) is 0.529. The van der Waals surface area contributed by atoms with E-state index >= 15 is 0 Å². The van der Waals surface area contributed by atoms with Gasteiger partial charge in [0.25, 0.3) is 0 Å². The number of likely N-dealkylation sites (tertiary alicyclic amines) is 1. The highest BCUT2D eigenvalue weighted by molar-refractivity contribution is 5.45. The lowest BCUT2D eigenvalue weighted by molar-refractivity contribution is 0.114. The van der Waals surface area contributed by atoms with Gasteiger partial charge in [-0.15, -0.1) is 0 Å². The van der Waals surface area contributed by atoms with Crippen molar-refractivity contribution in [3.05, 3.63) is 34.6 Å². The van der Waals surface area contributed by atoms with Gasteiger partial charge in [0, 0.05) is 24.4 Å². The first-order valence-electron chi connectivity index (χ1n) is 7.64. The third kappa shape index (κ3) is 5.16. The van der Waals surface area contributed by atoms with Crippen LogP contribution < -0.4 is 16.4 Å². The van der Waals surface area contributed by atoms with E-state index < -0.39 is 0 Å². The van der Waals surface area contributed by atoms with Gasteiger partial charge in [-0.05, 0) is 44.0 Å². The van der Waals surface area contributed by atoms with Crippen molar-refractivity contribution in [2.24, 2.45) is 5.73 Å². The summed E-state index contributed by atoms with van der Waals surface area (Å²) < 4.78 is 10.9. The van der Waals surface area contributed by atoms with Crippen LogP contribution in [0.1, 0.15) is 19.8 Å². The van der Waals surface area contributed by atoms with E-state index in [1.165, 1.54) is 5.57 Å². The minimum absolute atomic E-state index is 0.348. The molecule has 0 amide bonds. The lowest BCUT2D eigenvalue weighted by atomic mass is 10.1. The Balaban J connectivity index is 1.68. The molecular formula is C17H26N2O2. The summed E-state index contributed by atoms with van der Waals surface area (Å²) in [5.41, 5.74) is 7.83. The molecule has 1 unspecified atom stereocenters. The lowest BCUT2D eigenvalue weighted by Gasteiger charge is -2.14. The highest BCUT2D eigenvalue weighted by Gasteiger charge is 2.17. The van der Waals surface area contributed by atoms with E-state index in [1.807, 2.05) is 13.0 Å². The van der Waals surface area contributed by atoms with Crippen molar-refractivity contribution in [3.63, 3.8) is 0 Å². The van der Waals surface area contributed by atoms with E-state index in [0.717, 1.165) is 50.9 Å². The third-order valence-electron chi connectivity index (χ3n) is 3.89. The smallest absolute Gasteiger partial charge is 0.126 e. The molecule has 1 aliphatic rings. The van der Waals surface area contributed by atoms with E-state index in [2.05, 4.69) is 23.6 Å². The van der Waals surface area contributed by atoms with Gasteiger partial charge in [-0.3, -0.25) is 4.90 Å². The monoisotopic (exact) mass is 290 g/mol. The topological polar surface area (TPSA) is 51.6 Å². The predicted octanol–water partition coefficient (Wildman–Crippen LogP) is 0.856. The van der Waals surface area contributed by atoms with Gasteiger partial charge >= 0.3 is 0 Å². The average molecular weight is 290 g/mol. The zero-order chi connectivity index (χ0) is 15.1. The van der Waals surface area contributed by atoms with Gasteiger partial charge in [0.15, 0.2) is 0 Å². The summed E-state index contributed by atoms with van der Waals surface area (Å²) in [6.07, 6.45) is 7.89. The molecule has 0 saturated carbocycles. The van der Waals surface area contributed by atoms with Crippen LogP contribution in [-0.2, 0) is 4.74 Å². The normalized spacial score (nSPS) is 21.3. The molecule has 4 heteroatoms. The van der Waals surface area contributed by atoms with Gasteiger partial charge in [0.2, 0.25) is 0 Å². The molecule has 2 N–H and O–H groups in total. The molecule has 0 aromatic carbocycles. The Bertz CT molecular complexity index is 562. The molecule has 1 aromatic rings. The number of allylic oxidation sites excluding steroid dienone is 1. The first kappa shape index (κ1) is 16.0. The number of nitrogens with two attached hydrogens (primary N) is 1. The highest BCUT2D eigenvalue weighted by Crippen LogP contribution is 2.06. The van der Waals surface area contributed by atoms with Crippen molar-refractivity contribution in [3.8, 4) is 0 Å². The summed E-state index contributed by atoms with van der Waals surface area (Å²) in [4.78, 5) is 2.37. The second-order valence-electron chi connectivity index (χ2n) is 5.52. The van der Waals surface area contributed by atoms with Gasteiger partial charge in [-0.2, -0.15) is 0 Å². The van der Waals surface area contributed by atoms with Crippen molar-refractivity contribution < 1.29 is 9.15 Å². The summed E-state index contributed by atoms with van der Waals surface area (Å²) in [7, 11) is 0. The quantitative estimate of drug-likeness (QED) is 0.757. The van der Waals surface area contributed by atoms with Crippen LogP contribution in [0.25, 0.3) is 12.7 Å². The van der Waals surface area contributed by atoms with E-state index in [1.54, 1.807) is 6.26 Å². The average Bonchev–Trinajstić information content (AvgIpc) is 3.06. The zero-order valence-corrected chi connectivity index (χ0v) is 12.9. The van der Waals surface area contributed by atoms with Crippen LogP contribution in [-0.4, -0.2) is 43.8 Å². The van der Waals surface area contributed by atoms with Crippen LogP contribution >= 0.6 is 0 Å². The van der Waals surface area contributed by atoms with Crippen molar-refractivity contribution >= 4 is 12.7 Å². The van der Waals surface area contributed by atoms with Crippen LogP contribution in [0.4, 0.5) is 0 Å². The van der Waals surface area contributed by atoms with Gasteiger partial charge in [-0.25, -0.2) is 0 Å². The lowest BCUT2D eigenvalue weighted by Crippen LogP contribution is -2.29. The molecule has 21 heavy (non-hydrogen) atoms. The van der Waals surface area contributed by atoms with Crippen molar-refractivity contribution in [1.82, 2.24) is 4.90 Å². The Morgan fingerprint density at radius 3 is 3.05 bits per heavy atom. The summed E-state index contributed by atoms with van der Waals surface area (Å²) in [6.45, 7) is 10.5. The largest absolute Gasteiger partial charge is 0.465 e. The van der Waals surface area contributed by atoms with Crippen LogP contribution in [0.3, 0.4) is 0 Å². The van der Waals surface area contributed by atoms with Crippen molar-refractivity contribution in [1.29, 1.82) is 0 Å². The third-order valence-corrected chi connectivity index (χ3v) is 3.89. The molecule has 1 saturated heterocycles. The Morgan fingerprint density at radius 2 is 2.43 bits per heavy atom. The Kier molecular flexibility index (Phi) is 6.23. The second kappa shape index (κ2) is 8.17. The number of furan rings is 1. The predicted molar refractivity (Wildman–Crippen MR) is 86.2 cm³/mol. The SMILES string of the molecule is C=c1occ/c1=C/C(=C\C)CCOCCN1CCC(N)C1. The Hall–Kier alpha value is -1.36. The van der Waals surface area contributed by atoms with Crippen LogP contribution in [0, 0.1) is 0 Å². The van der Waals surface area contributed by atoms with Gasteiger partial charge in [0.1, 0.15) is 5.42 Å². The summed E-state index contributed by atoms with van der Waals surface area (Å²) in [6, 6.07) is 2.28. The minimum atomic E-state index is 0.348. The molecule has 2 heterocycles. The molecular weight excluding hydrogens is 264 g/mol. The fourth-order valence-corrected chi connectivity index (χ4v) is 2.53. The molecule has 0 radical (unpaired) electrons. The number of hydrogen-bond donors (Lipinski definition) is 1. The molecule has 116 valence electrons. The zero-order valence-electron chi connectivity index (χ0n) is 12.9. The van der Waals surface area contributed by atoms with Crippen LogP contribution in [0.5, 0.6) is 0 Å². The molecule has 0 bridgehead atoms. The molecule has 0 aliphatic carbocycles. The molecule has 4 nitrogen and oxygen atoms in total. The molecule has 0 spiro atoms. The molecule has 1 atom stereocenters. The Morgan fingerprint density at radius 1 is 1.57 bits per heavy atom. The maximum Gasteiger partial charge on any atom is 0.126 e. The number of hydrogen-bond acceptors (Lipinski definition) is 4. The van der Waals surface area contributed by atoms with Gasteiger partial charge in [-0.1, -0.05) is 12.7 Å². The number of nitrogens with zero attached hydrogens (tertiary/aromatic N) is 1. The minimum Gasteiger partial charge on any atom is -0.465 e. The number of ether oxygens (including phenoxy) is 1. The standard InChI is InChI=1S/C17H26N2O2/c1-3-15(12-16-6-10-21-14(16)2)5-9-20-11-8-19-7-4-17(18)13-19/h3,6,10,12,17H,2,4-5,7-9,11,13,18H2,1H3/b15-3-,16-12-. The molecule has 1 fully saturated rings. The summed E-state index contributed by atoms with van der Waals surface area (Å²) in [5, 5.41) is 1.04. The van der Waals surface area contributed by atoms with E-state index in [0.29, 0.717) is 11.5 Å². The highest BCUT2D eigenvalue weighted by atomic mass is 16.5. The van der Waals surface area contributed by atoms with E-state index in [-0.39, 0.29) is 0 Å². The van der Waals surface area contributed by atoms with E-state index in [9.17, 15) is 0 Å². The van der Waals surface area contributed by atoms with Crippen LogP contribution in [0.15, 0.2) is 28.4 Å². The van der Waals surface area contributed by atoms with Gasteiger partial charge < -0.3 is 14.9 Å². The second-order valence-corrected chi connectivity index (χ2v) is 5.52. The molecule has 1 aliphatic heterocycles. The maximum atomic E-state index is 5.88. The van der Waals surface area contributed by atoms with Crippen molar-refractivity contribution in [2.45, 2.75) is 25.8 Å². The maximum absolute atomic E-state index is 5.88. The molecule has 1 aromatic heterocycles. The summed E-state index contributed by atoms with van der Waals surface area (Å²) >= 11 is 0. The summed E-state index contributed by atoms with van der Waals surface area (Å²) in [5.74, 6) is 0. The van der Waals surface area contributed by atoms with E-state index in [4.69, 9.17) is 14.9 Å². The fourth-order valence-electron chi connectivity index (χ4n) is 2.53. The number of rotatable bonds is 7. The molecule has 2 rings (SSSR count). The van der Waals surface area contributed by atoms with Crippen molar-refractivity contribution in [2.75, 3.05) is 32.8 Å². The first-order valence-corrected chi connectivity index (χ1v) is 7.64. The van der Waals surface area contributed by atoms with Crippen LogP contribution in [0.2, 0.25) is 0 Å².